The van der Waals surface area contributed by atoms with Crippen LogP contribution in [0.15, 0.2) is 59.8 Å². The molecule has 2 aromatic rings. The number of rotatable bonds is 6. The Morgan fingerprint density at radius 2 is 1.86 bits per heavy atom. The average molecular weight is 302 g/mol. The number of aromatic nitrogens is 1. The fourth-order valence-electron chi connectivity index (χ4n) is 1.61. The second kappa shape index (κ2) is 7.44. The van der Waals surface area contributed by atoms with Crippen LogP contribution in [-0.2, 0) is 4.79 Å². The highest BCUT2D eigenvalue weighted by molar-refractivity contribution is 7.99. The Kier molecular flexibility index (Phi) is 5.34. The lowest BCUT2D eigenvalue weighted by Crippen LogP contribution is -2.42. The summed E-state index contributed by atoms with van der Waals surface area (Å²) in [6.07, 6.45) is 1.64. The number of pyridine rings is 1. The molecule has 0 radical (unpaired) electrons. The first-order chi connectivity index (χ1) is 10.2. The van der Waals surface area contributed by atoms with Crippen molar-refractivity contribution in [3.05, 3.63) is 60.3 Å². The van der Waals surface area contributed by atoms with Crippen LogP contribution in [0, 0.1) is 0 Å². The minimum atomic E-state index is -1.07. The molecular formula is C15H14N2O3S. The topological polar surface area (TPSA) is 79.3 Å². The Balaban J connectivity index is 1.96. The SMILES string of the molecule is O=C(N[C@@H](CSc1ccccn1)C(=O)O)c1ccccc1. The van der Waals surface area contributed by atoms with Crippen LogP contribution in [0.3, 0.4) is 0 Å². The van der Waals surface area contributed by atoms with Crippen LogP contribution < -0.4 is 5.32 Å². The first kappa shape index (κ1) is 15.1. The lowest BCUT2D eigenvalue weighted by atomic mass is 10.2. The number of carboxylic acid groups (broad SMARTS) is 1. The predicted molar refractivity (Wildman–Crippen MR) is 80.3 cm³/mol. The quantitative estimate of drug-likeness (QED) is 0.798. The van der Waals surface area contributed by atoms with E-state index >= 15 is 0 Å². The Morgan fingerprint density at radius 3 is 2.48 bits per heavy atom. The molecule has 0 aliphatic carbocycles. The predicted octanol–water partition coefficient (Wildman–Crippen LogP) is 2.06. The van der Waals surface area contributed by atoms with Crippen molar-refractivity contribution in [1.29, 1.82) is 0 Å². The number of nitrogens with one attached hydrogen (secondary N) is 1. The van der Waals surface area contributed by atoms with Crippen LogP contribution in [0.2, 0.25) is 0 Å². The molecule has 0 unspecified atom stereocenters. The van der Waals surface area contributed by atoms with Gasteiger partial charge < -0.3 is 10.4 Å². The number of amides is 1. The largest absolute Gasteiger partial charge is 0.480 e. The van der Waals surface area contributed by atoms with Gasteiger partial charge in [0.25, 0.3) is 5.91 Å². The molecule has 5 nitrogen and oxygen atoms in total. The standard InChI is InChI=1S/C15H14N2O3S/c18-14(11-6-2-1-3-7-11)17-12(15(19)20)10-21-13-8-4-5-9-16-13/h1-9,12H,10H2,(H,17,18)(H,19,20)/t12-/m0/s1. The van der Waals surface area contributed by atoms with E-state index in [0.717, 1.165) is 5.03 Å². The molecule has 0 fully saturated rings. The van der Waals surface area contributed by atoms with Crippen molar-refractivity contribution in [3.8, 4) is 0 Å². The minimum Gasteiger partial charge on any atom is -0.480 e. The zero-order valence-corrected chi connectivity index (χ0v) is 11.9. The Morgan fingerprint density at radius 1 is 1.14 bits per heavy atom. The Hall–Kier alpha value is -2.34. The molecule has 0 saturated heterocycles. The van der Waals surface area contributed by atoms with E-state index in [9.17, 15) is 14.7 Å². The van der Waals surface area contributed by atoms with E-state index in [1.165, 1.54) is 11.8 Å². The number of carboxylic acids is 1. The highest BCUT2D eigenvalue weighted by Gasteiger charge is 2.21. The highest BCUT2D eigenvalue weighted by Crippen LogP contribution is 2.15. The van der Waals surface area contributed by atoms with Crippen molar-refractivity contribution in [3.63, 3.8) is 0 Å². The van der Waals surface area contributed by atoms with Gasteiger partial charge in [0.2, 0.25) is 0 Å². The van der Waals surface area contributed by atoms with Gasteiger partial charge in [0.1, 0.15) is 6.04 Å². The first-order valence-corrected chi connectivity index (χ1v) is 7.28. The van der Waals surface area contributed by atoms with Gasteiger partial charge in [-0.1, -0.05) is 24.3 Å². The summed E-state index contributed by atoms with van der Waals surface area (Å²) in [7, 11) is 0. The average Bonchev–Trinajstić information content (AvgIpc) is 2.52. The zero-order chi connectivity index (χ0) is 15.1. The third kappa shape index (κ3) is 4.61. The maximum absolute atomic E-state index is 12.0. The molecular weight excluding hydrogens is 288 g/mol. The third-order valence-corrected chi connectivity index (χ3v) is 3.71. The number of nitrogens with zero attached hydrogens (tertiary/aromatic N) is 1. The second-order valence-corrected chi connectivity index (χ2v) is 5.25. The molecule has 1 aromatic heterocycles. The number of hydrogen-bond donors (Lipinski definition) is 2. The molecule has 1 aromatic carbocycles. The molecule has 6 heteroatoms. The second-order valence-electron chi connectivity index (χ2n) is 4.21. The van der Waals surface area contributed by atoms with Gasteiger partial charge in [-0.25, -0.2) is 9.78 Å². The van der Waals surface area contributed by atoms with E-state index in [0.29, 0.717) is 5.56 Å². The van der Waals surface area contributed by atoms with E-state index in [2.05, 4.69) is 10.3 Å². The number of carbonyl (C=O) groups is 2. The molecule has 0 bridgehead atoms. The van der Waals surface area contributed by atoms with Gasteiger partial charge in [-0.05, 0) is 24.3 Å². The van der Waals surface area contributed by atoms with E-state index < -0.39 is 17.9 Å². The van der Waals surface area contributed by atoms with Gasteiger partial charge >= 0.3 is 5.97 Å². The molecule has 2 rings (SSSR count). The molecule has 2 N–H and O–H groups in total. The maximum Gasteiger partial charge on any atom is 0.327 e. The van der Waals surface area contributed by atoms with Crippen LogP contribution in [0.4, 0.5) is 0 Å². The van der Waals surface area contributed by atoms with Gasteiger partial charge in [-0.2, -0.15) is 0 Å². The van der Waals surface area contributed by atoms with E-state index in [-0.39, 0.29) is 5.75 Å². The van der Waals surface area contributed by atoms with Gasteiger partial charge in [0, 0.05) is 17.5 Å². The van der Waals surface area contributed by atoms with Crippen LogP contribution in [0.5, 0.6) is 0 Å². The molecule has 108 valence electrons. The summed E-state index contributed by atoms with van der Waals surface area (Å²) in [6.45, 7) is 0. The molecule has 1 amide bonds. The fourth-order valence-corrected chi connectivity index (χ4v) is 2.48. The third-order valence-electron chi connectivity index (χ3n) is 2.68. The maximum atomic E-state index is 12.0. The van der Waals surface area contributed by atoms with Crippen LogP contribution in [0.25, 0.3) is 0 Å². The zero-order valence-electron chi connectivity index (χ0n) is 11.1. The summed E-state index contributed by atoms with van der Waals surface area (Å²) in [5, 5.41) is 12.4. The van der Waals surface area contributed by atoms with Gasteiger partial charge in [-0.15, -0.1) is 11.8 Å². The summed E-state index contributed by atoms with van der Waals surface area (Å²) in [5.74, 6) is -1.25. The van der Waals surface area contributed by atoms with E-state index in [1.54, 1.807) is 48.7 Å². The molecule has 0 saturated carbocycles. The van der Waals surface area contributed by atoms with E-state index in [1.807, 2.05) is 6.07 Å². The smallest absolute Gasteiger partial charge is 0.327 e. The van der Waals surface area contributed by atoms with Gasteiger partial charge in [-0.3, -0.25) is 4.79 Å². The number of benzene rings is 1. The lowest BCUT2D eigenvalue weighted by molar-refractivity contribution is -0.138. The monoisotopic (exact) mass is 302 g/mol. The molecule has 0 aliphatic rings. The molecule has 0 aliphatic heterocycles. The van der Waals surface area contributed by atoms with Gasteiger partial charge in [0.05, 0.1) is 5.03 Å². The summed E-state index contributed by atoms with van der Waals surface area (Å²) >= 11 is 1.29. The van der Waals surface area contributed by atoms with Crippen molar-refractivity contribution < 1.29 is 14.7 Å². The normalized spacial score (nSPS) is 11.6. The molecule has 0 spiro atoms. The summed E-state index contributed by atoms with van der Waals surface area (Å²) in [4.78, 5) is 27.3. The summed E-state index contributed by atoms with van der Waals surface area (Å²) in [5.41, 5.74) is 0.437. The minimum absolute atomic E-state index is 0.213. The number of aliphatic carboxylic acids is 1. The van der Waals surface area contributed by atoms with Crippen molar-refractivity contribution in [2.24, 2.45) is 0 Å². The summed E-state index contributed by atoms with van der Waals surface area (Å²) < 4.78 is 0. The summed E-state index contributed by atoms with van der Waals surface area (Å²) in [6, 6.07) is 13.0. The lowest BCUT2D eigenvalue weighted by Gasteiger charge is -2.14. The Bertz CT molecular complexity index is 605. The van der Waals surface area contributed by atoms with Crippen molar-refractivity contribution in [2.75, 3.05) is 5.75 Å². The first-order valence-electron chi connectivity index (χ1n) is 6.29. The highest BCUT2D eigenvalue weighted by atomic mass is 32.2. The molecule has 1 heterocycles. The van der Waals surface area contributed by atoms with Crippen molar-refractivity contribution in [2.45, 2.75) is 11.1 Å². The van der Waals surface area contributed by atoms with E-state index in [4.69, 9.17) is 0 Å². The van der Waals surface area contributed by atoms with Gasteiger partial charge in [0.15, 0.2) is 0 Å². The van der Waals surface area contributed by atoms with Crippen LogP contribution in [-0.4, -0.2) is 33.8 Å². The Labute approximate surface area is 126 Å². The number of thioether (sulfide) groups is 1. The number of carbonyl (C=O) groups excluding carboxylic acids is 1. The number of hydrogen-bond acceptors (Lipinski definition) is 4. The van der Waals surface area contributed by atoms with Crippen molar-refractivity contribution in [1.82, 2.24) is 10.3 Å². The van der Waals surface area contributed by atoms with Crippen molar-refractivity contribution >= 4 is 23.6 Å². The molecule has 1 atom stereocenters. The fraction of sp³-hybridized carbons (Fsp3) is 0.133. The molecule has 21 heavy (non-hydrogen) atoms. The van der Waals surface area contributed by atoms with Crippen LogP contribution in [0.1, 0.15) is 10.4 Å². The van der Waals surface area contributed by atoms with Crippen LogP contribution >= 0.6 is 11.8 Å².